The van der Waals surface area contributed by atoms with E-state index in [1.54, 1.807) is 11.3 Å². The quantitative estimate of drug-likeness (QED) is 0.674. The summed E-state index contributed by atoms with van der Waals surface area (Å²) in [6, 6.07) is 17.0. The molecule has 4 heteroatoms. The van der Waals surface area contributed by atoms with Gasteiger partial charge in [-0.15, -0.1) is 11.3 Å². The van der Waals surface area contributed by atoms with Crippen molar-refractivity contribution in [3.05, 3.63) is 64.7 Å². The van der Waals surface area contributed by atoms with Crippen molar-refractivity contribution < 1.29 is 4.74 Å². The van der Waals surface area contributed by atoms with Gasteiger partial charge in [0, 0.05) is 13.1 Å². The Morgan fingerprint density at radius 3 is 2.68 bits per heavy atom. The first kappa shape index (κ1) is 16.7. The zero-order valence-electron chi connectivity index (χ0n) is 14.8. The number of para-hydroxylation sites is 1. The van der Waals surface area contributed by atoms with E-state index in [-0.39, 0.29) is 6.10 Å². The van der Waals surface area contributed by atoms with Gasteiger partial charge in [-0.2, -0.15) is 0 Å². The summed E-state index contributed by atoms with van der Waals surface area (Å²) >= 11 is 1.75. The van der Waals surface area contributed by atoms with Gasteiger partial charge in [0.05, 0.1) is 16.3 Å². The molecule has 1 aliphatic heterocycles. The van der Waals surface area contributed by atoms with Gasteiger partial charge in [0.15, 0.2) is 0 Å². The summed E-state index contributed by atoms with van der Waals surface area (Å²) in [7, 11) is 2.18. The van der Waals surface area contributed by atoms with Crippen molar-refractivity contribution in [2.24, 2.45) is 0 Å². The largest absolute Gasteiger partial charge is 0.363 e. The topological polar surface area (TPSA) is 25.4 Å². The fraction of sp³-hybridized carbons (Fsp3) is 0.381. The highest BCUT2D eigenvalue weighted by Crippen LogP contribution is 2.35. The van der Waals surface area contributed by atoms with E-state index in [2.05, 4.69) is 61.3 Å². The maximum absolute atomic E-state index is 6.62. The van der Waals surface area contributed by atoms with E-state index in [1.165, 1.54) is 15.8 Å². The maximum Gasteiger partial charge on any atom is 0.134 e. The molecule has 1 saturated heterocycles. The molecule has 3 aromatic rings. The number of nitrogens with zero attached hydrogens (tertiary/aromatic N) is 2. The normalized spacial score (nSPS) is 17.8. The molecular formula is C21H24N2OS. The van der Waals surface area contributed by atoms with E-state index >= 15 is 0 Å². The van der Waals surface area contributed by atoms with Gasteiger partial charge in [-0.25, -0.2) is 4.98 Å². The minimum atomic E-state index is -0.0780. The van der Waals surface area contributed by atoms with Crippen LogP contribution in [0.5, 0.6) is 0 Å². The number of piperidine rings is 1. The summed E-state index contributed by atoms with van der Waals surface area (Å²) < 4.78 is 7.84. The molecule has 1 aromatic heterocycles. The minimum absolute atomic E-state index is 0.0780. The van der Waals surface area contributed by atoms with Gasteiger partial charge in [-0.1, -0.05) is 42.0 Å². The molecule has 25 heavy (non-hydrogen) atoms. The van der Waals surface area contributed by atoms with Crippen molar-refractivity contribution >= 4 is 21.6 Å². The van der Waals surface area contributed by atoms with Crippen molar-refractivity contribution in [1.82, 2.24) is 9.88 Å². The van der Waals surface area contributed by atoms with Crippen LogP contribution in [0.25, 0.3) is 10.2 Å². The highest BCUT2D eigenvalue weighted by Gasteiger charge is 2.26. The predicted octanol–water partition coefficient (Wildman–Crippen LogP) is 4.80. The zero-order valence-corrected chi connectivity index (χ0v) is 15.6. The molecule has 0 spiro atoms. The third kappa shape index (κ3) is 3.76. The Balaban J connectivity index is 1.67. The van der Waals surface area contributed by atoms with Crippen LogP contribution in [0, 0.1) is 6.92 Å². The standard InChI is InChI=1S/C21H24N2OS/c1-15-6-5-7-16(14-15)20(24-17-10-12-23(2)13-11-17)21-22-18-8-3-4-9-19(18)25-21/h3-9,14,17,20H,10-13H2,1-2H3. The smallest absolute Gasteiger partial charge is 0.134 e. The van der Waals surface area contributed by atoms with Crippen molar-refractivity contribution in [3.8, 4) is 0 Å². The van der Waals surface area contributed by atoms with E-state index in [0.29, 0.717) is 6.10 Å². The van der Waals surface area contributed by atoms with Gasteiger partial charge >= 0.3 is 0 Å². The Bertz CT molecular complexity index is 819. The lowest BCUT2D eigenvalue weighted by Crippen LogP contribution is -2.35. The van der Waals surface area contributed by atoms with Crippen LogP contribution in [0.4, 0.5) is 0 Å². The lowest BCUT2D eigenvalue weighted by molar-refractivity contribution is -0.0234. The lowest BCUT2D eigenvalue weighted by Gasteiger charge is -2.31. The Labute approximate surface area is 153 Å². The highest BCUT2D eigenvalue weighted by atomic mass is 32.1. The van der Waals surface area contributed by atoms with Gasteiger partial charge in [-0.05, 0) is 44.5 Å². The molecule has 0 aliphatic carbocycles. The molecule has 0 amide bonds. The first-order chi connectivity index (χ1) is 12.2. The van der Waals surface area contributed by atoms with E-state index in [0.717, 1.165) is 36.5 Å². The van der Waals surface area contributed by atoms with Crippen LogP contribution in [0.1, 0.15) is 35.1 Å². The number of rotatable bonds is 4. The van der Waals surface area contributed by atoms with Gasteiger partial charge in [0.2, 0.25) is 0 Å². The molecule has 3 nitrogen and oxygen atoms in total. The second-order valence-electron chi connectivity index (χ2n) is 6.95. The molecule has 1 aliphatic rings. The molecule has 0 radical (unpaired) electrons. The highest BCUT2D eigenvalue weighted by molar-refractivity contribution is 7.18. The lowest BCUT2D eigenvalue weighted by atomic mass is 10.0. The number of benzene rings is 2. The Hall–Kier alpha value is -1.75. The molecule has 130 valence electrons. The molecule has 2 heterocycles. The second-order valence-corrected chi connectivity index (χ2v) is 8.01. The zero-order chi connectivity index (χ0) is 17.2. The van der Waals surface area contributed by atoms with E-state index < -0.39 is 0 Å². The van der Waals surface area contributed by atoms with Crippen LogP contribution in [0.3, 0.4) is 0 Å². The molecule has 0 saturated carbocycles. The molecule has 0 bridgehead atoms. The summed E-state index contributed by atoms with van der Waals surface area (Å²) in [5.41, 5.74) is 3.53. The van der Waals surface area contributed by atoms with Crippen LogP contribution in [-0.2, 0) is 4.74 Å². The summed E-state index contributed by atoms with van der Waals surface area (Å²) in [5, 5.41) is 1.06. The van der Waals surface area contributed by atoms with Crippen LogP contribution in [0.15, 0.2) is 48.5 Å². The average molecular weight is 353 g/mol. The number of fused-ring (bicyclic) bond motifs is 1. The van der Waals surface area contributed by atoms with E-state index in [4.69, 9.17) is 9.72 Å². The van der Waals surface area contributed by atoms with Gasteiger partial charge < -0.3 is 9.64 Å². The van der Waals surface area contributed by atoms with E-state index in [1.807, 2.05) is 6.07 Å². The SMILES string of the molecule is Cc1cccc(C(OC2CCN(C)CC2)c2nc3ccccc3s2)c1. The first-order valence-electron chi connectivity index (χ1n) is 8.95. The molecular weight excluding hydrogens is 328 g/mol. The Morgan fingerprint density at radius 1 is 1.12 bits per heavy atom. The fourth-order valence-corrected chi connectivity index (χ4v) is 4.46. The number of thiazole rings is 1. The molecule has 1 fully saturated rings. The minimum Gasteiger partial charge on any atom is -0.363 e. The Kier molecular flexibility index (Phi) is 4.84. The van der Waals surface area contributed by atoms with Gasteiger partial charge in [0.1, 0.15) is 11.1 Å². The molecule has 1 unspecified atom stereocenters. The van der Waals surface area contributed by atoms with Crippen LogP contribution >= 0.6 is 11.3 Å². The molecule has 4 rings (SSSR count). The Morgan fingerprint density at radius 2 is 1.92 bits per heavy atom. The molecule has 2 aromatic carbocycles. The fourth-order valence-electron chi connectivity index (χ4n) is 3.43. The second kappa shape index (κ2) is 7.24. The van der Waals surface area contributed by atoms with Crippen LogP contribution in [0.2, 0.25) is 0 Å². The maximum atomic E-state index is 6.62. The summed E-state index contributed by atoms with van der Waals surface area (Å²) in [4.78, 5) is 7.26. The van der Waals surface area contributed by atoms with Crippen LogP contribution in [-0.4, -0.2) is 36.1 Å². The van der Waals surface area contributed by atoms with Gasteiger partial charge in [-0.3, -0.25) is 0 Å². The third-order valence-corrected chi connectivity index (χ3v) is 5.95. The number of aromatic nitrogens is 1. The number of aryl methyl sites for hydroxylation is 1. The van der Waals surface area contributed by atoms with Crippen LogP contribution < -0.4 is 0 Å². The monoisotopic (exact) mass is 352 g/mol. The van der Waals surface area contributed by atoms with Gasteiger partial charge in [0.25, 0.3) is 0 Å². The summed E-state index contributed by atoms with van der Waals surface area (Å²) in [6.45, 7) is 4.34. The van der Waals surface area contributed by atoms with Crippen molar-refractivity contribution in [2.45, 2.75) is 32.0 Å². The predicted molar refractivity (Wildman–Crippen MR) is 104 cm³/mol. The molecule has 1 atom stereocenters. The summed E-state index contributed by atoms with van der Waals surface area (Å²) in [5.74, 6) is 0. The first-order valence-corrected chi connectivity index (χ1v) is 9.77. The number of hydrogen-bond donors (Lipinski definition) is 0. The van der Waals surface area contributed by atoms with E-state index in [9.17, 15) is 0 Å². The van der Waals surface area contributed by atoms with Crippen molar-refractivity contribution in [2.75, 3.05) is 20.1 Å². The van der Waals surface area contributed by atoms with Crippen molar-refractivity contribution in [3.63, 3.8) is 0 Å². The number of likely N-dealkylation sites (tertiary alicyclic amines) is 1. The third-order valence-electron chi connectivity index (χ3n) is 4.87. The van der Waals surface area contributed by atoms with Crippen molar-refractivity contribution in [1.29, 1.82) is 0 Å². The number of hydrogen-bond acceptors (Lipinski definition) is 4. The summed E-state index contributed by atoms with van der Waals surface area (Å²) in [6.07, 6.45) is 2.40. The average Bonchev–Trinajstić information content (AvgIpc) is 3.05. The number of ether oxygens (including phenoxy) is 1. The molecule has 0 N–H and O–H groups in total.